The molecule has 0 aromatic heterocycles. The summed E-state index contributed by atoms with van der Waals surface area (Å²) in [5.74, 6) is 0.0349. The minimum Gasteiger partial charge on any atom is -1.00 e. The van der Waals surface area contributed by atoms with Gasteiger partial charge in [-0.15, -0.1) is 0 Å². The Morgan fingerprint density at radius 2 is 1.69 bits per heavy atom. The molecule has 26 heavy (non-hydrogen) atoms. The molecule has 1 unspecified atom stereocenters. The molecule has 0 bridgehead atoms. The molecular formula is C21H26BrNO3. The minimum atomic E-state index is -0.914. The second-order valence-corrected chi connectivity index (χ2v) is 6.71. The topological polar surface area (TPSA) is 46.5 Å². The van der Waals surface area contributed by atoms with Crippen molar-refractivity contribution < 1.29 is 36.1 Å². The predicted octanol–water partition coefficient (Wildman–Crippen LogP) is 0.0190. The molecule has 1 N–H and O–H groups in total. The Morgan fingerprint density at radius 3 is 2.27 bits per heavy atom. The van der Waals surface area contributed by atoms with Crippen LogP contribution in [-0.4, -0.2) is 48.9 Å². The molecule has 0 amide bonds. The van der Waals surface area contributed by atoms with Crippen molar-refractivity contribution in [3.63, 3.8) is 0 Å². The molecule has 0 saturated heterocycles. The molecule has 5 heteroatoms. The number of ketones is 1. The van der Waals surface area contributed by atoms with E-state index in [2.05, 4.69) is 20.7 Å². The fraction of sp³-hybridized carbons (Fsp3) is 0.286. The fourth-order valence-corrected chi connectivity index (χ4v) is 2.58. The van der Waals surface area contributed by atoms with Gasteiger partial charge in [0.05, 0.1) is 20.7 Å². The number of carbonyl (C=O) groups excluding carboxylic acids is 1. The maximum atomic E-state index is 12.4. The van der Waals surface area contributed by atoms with Crippen molar-refractivity contribution >= 4 is 5.78 Å². The molecule has 0 fully saturated rings. The summed E-state index contributed by atoms with van der Waals surface area (Å²) in [6, 6.07) is 17.0. The molecule has 140 valence electrons. The first kappa shape index (κ1) is 22.3. The number of rotatable bonds is 9. The zero-order valence-electron chi connectivity index (χ0n) is 15.3. The quantitative estimate of drug-likeness (QED) is 0.269. The van der Waals surface area contributed by atoms with Crippen LogP contribution in [0.3, 0.4) is 0 Å². The number of ether oxygens (including phenoxy) is 1. The zero-order valence-corrected chi connectivity index (χ0v) is 16.9. The van der Waals surface area contributed by atoms with Crippen LogP contribution in [0.2, 0.25) is 0 Å². The van der Waals surface area contributed by atoms with E-state index in [4.69, 9.17) is 4.74 Å². The molecule has 0 aliphatic carbocycles. The van der Waals surface area contributed by atoms with Crippen LogP contribution in [0.25, 0.3) is 0 Å². The first-order valence-electron chi connectivity index (χ1n) is 8.34. The number of aliphatic hydroxyl groups excluding tert-OH is 1. The molecule has 0 aliphatic heterocycles. The number of aliphatic hydroxyl groups is 1. The lowest BCUT2D eigenvalue weighted by atomic mass is 10.0. The number of hydrogen-bond donors (Lipinski definition) is 1. The highest BCUT2D eigenvalue weighted by atomic mass is 79.9. The maximum Gasteiger partial charge on any atom is 0.193 e. The van der Waals surface area contributed by atoms with E-state index in [0.717, 1.165) is 23.1 Å². The van der Waals surface area contributed by atoms with Crippen molar-refractivity contribution in [3.05, 3.63) is 83.9 Å². The van der Waals surface area contributed by atoms with Gasteiger partial charge in [0.15, 0.2) is 12.1 Å². The van der Waals surface area contributed by atoms with Gasteiger partial charge in [-0.3, -0.25) is 4.79 Å². The van der Waals surface area contributed by atoms with E-state index in [9.17, 15) is 9.90 Å². The van der Waals surface area contributed by atoms with Gasteiger partial charge >= 0.3 is 0 Å². The highest BCUT2D eigenvalue weighted by Gasteiger charge is 2.17. The third-order valence-corrected chi connectivity index (χ3v) is 4.05. The second-order valence-electron chi connectivity index (χ2n) is 6.71. The Morgan fingerprint density at radius 1 is 1.12 bits per heavy atom. The molecule has 2 aromatic carbocycles. The summed E-state index contributed by atoms with van der Waals surface area (Å²) in [4.78, 5) is 12.4. The molecule has 4 nitrogen and oxygen atoms in total. The monoisotopic (exact) mass is 419 g/mol. The molecule has 0 radical (unpaired) electrons. The van der Waals surface area contributed by atoms with E-state index in [-0.39, 0.29) is 22.8 Å². The van der Waals surface area contributed by atoms with Crippen molar-refractivity contribution in [2.45, 2.75) is 12.8 Å². The Labute approximate surface area is 166 Å². The molecule has 2 rings (SSSR count). The van der Waals surface area contributed by atoms with Gasteiger partial charge in [0, 0.05) is 16.7 Å². The van der Waals surface area contributed by atoms with E-state index < -0.39 is 6.29 Å². The highest BCUT2D eigenvalue weighted by molar-refractivity contribution is 6.08. The minimum absolute atomic E-state index is 0. The lowest BCUT2D eigenvalue weighted by Gasteiger charge is -2.30. The average molecular weight is 420 g/mol. The molecule has 0 aliphatic rings. The normalized spacial score (nSPS) is 12.1. The van der Waals surface area contributed by atoms with E-state index in [1.54, 1.807) is 0 Å². The Bertz CT molecular complexity index is 699. The lowest BCUT2D eigenvalue weighted by Crippen LogP contribution is -3.00. The molecule has 2 aromatic rings. The van der Waals surface area contributed by atoms with Gasteiger partial charge in [0.2, 0.25) is 0 Å². The van der Waals surface area contributed by atoms with E-state index >= 15 is 0 Å². The summed E-state index contributed by atoms with van der Waals surface area (Å²) in [5.41, 5.74) is 2.54. The number of likely N-dealkylation sites (N-methyl/N-ethyl adjacent to an activating group) is 1. The van der Waals surface area contributed by atoms with Crippen LogP contribution in [0.15, 0.2) is 67.3 Å². The van der Waals surface area contributed by atoms with Crippen molar-refractivity contribution in [2.75, 3.05) is 27.2 Å². The maximum absolute atomic E-state index is 12.4. The van der Waals surface area contributed by atoms with Crippen LogP contribution in [-0.2, 0) is 11.3 Å². The van der Waals surface area contributed by atoms with Crippen LogP contribution in [0.4, 0.5) is 0 Å². The van der Waals surface area contributed by atoms with Gasteiger partial charge in [-0.05, 0) is 6.08 Å². The van der Waals surface area contributed by atoms with Gasteiger partial charge in [0.1, 0.15) is 13.1 Å². The third kappa shape index (κ3) is 6.84. The molecule has 0 heterocycles. The Hall–Kier alpha value is -1.79. The number of quaternary nitrogens is 1. The van der Waals surface area contributed by atoms with Gasteiger partial charge in [-0.25, -0.2) is 0 Å². The fourth-order valence-electron chi connectivity index (χ4n) is 2.58. The first-order chi connectivity index (χ1) is 11.9. The molecule has 0 spiro atoms. The summed E-state index contributed by atoms with van der Waals surface area (Å²) < 4.78 is 5.96. The zero-order chi connectivity index (χ0) is 18.3. The van der Waals surface area contributed by atoms with Crippen LogP contribution in [0, 0.1) is 0 Å². The first-order valence-corrected chi connectivity index (χ1v) is 8.34. The number of hydrogen-bond acceptors (Lipinski definition) is 3. The van der Waals surface area contributed by atoms with Gasteiger partial charge < -0.3 is 31.3 Å². The van der Waals surface area contributed by atoms with Crippen molar-refractivity contribution in [2.24, 2.45) is 0 Å². The van der Waals surface area contributed by atoms with Crippen molar-refractivity contribution in [1.82, 2.24) is 0 Å². The summed E-state index contributed by atoms with van der Waals surface area (Å²) in [7, 11) is 4.21. The van der Waals surface area contributed by atoms with E-state index in [1.807, 2.05) is 54.6 Å². The van der Waals surface area contributed by atoms with Crippen LogP contribution >= 0.6 is 0 Å². The predicted molar refractivity (Wildman–Crippen MR) is 99.2 cm³/mol. The van der Waals surface area contributed by atoms with Crippen molar-refractivity contribution in [3.8, 4) is 0 Å². The molecule has 1 atom stereocenters. The Kier molecular flexibility index (Phi) is 8.88. The average Bonchev–Trinajstić information content (AvgIpc) is 2.62. The standard InChI is InChI=1S/C21H26NO3.BrH/c1-4-20(23)25-15-14-22(2,3)16-17-10-12-19(13-11-17)21(24)18-8-6-5-7-9-18;/h4-13,20,23H,1,14-16H2,2-3H3;1H/q+1;/p-1. The number of nitrogens with zero attached hydrogens (tertiary/aromatic N) is 1. The number of benzene rings is 2. The summed E-state index contributed by atoms with van der Waals surface area (Å²) >= 11 is 0. The number of halogens is 1. The SMILES string of the molecule is C=CC(O)OCC[N+](C)(C)Cc1ccc(C(=O)c2ccccc2)cc1.[Br-]. The Balaban J connectivity index is 0.00000338. The molecular weight excluding hydrogens is 394 g/mol. The van der Waals surface area contributed by atoms with Crippen LogP contribution < -0.4 is 17.0 Å². The largest absolute Gasteiger partial charge is 1.00 e. The smallest absolute Gasteiger partial charge is 0.193 e. The van der Waals surface area contributed by atoms with Crippen molar-refractivity contribution in [1.29, 1.82) is 0 Å². The van der Waals surface area contributed by atoms with Gasteiger partial charge in [-0.2, -0.15) is 0 Å². The van der Waals surface area contributed by atoms with Gasteiger partial charge in [0.25, 0.3) is 0 Å². The third-order valence-electron chi connectivity index (χ3n) is 4.05. The van der Waals surface area contributed by atoms with E-state index in [1.165, 1.54) is 6.08 Å². The second kappa shape index (κ2) is 10.4. The van der Waals surface area contributed by atoms with Crippen LogP contribution in [0.5, 0.6) is 0 Å². The molecule has 0 saturated carbocycles. The summed E-state index contributed by atoms with van der Waals surface area (Å²) in [6.45, 7) is 5.50. The number of carbonyl (C=O) groups is 1. The highest BCUT2D eigenvalue weighted by Crippen LogP contribution is 2.14. The van der Waals surface area contributed by atoms with Gasteiger partial charge in [-0.1, -0.05) is 61.2 Å². The summed E-state index contributed by atoms with van der Waals surface area (Å²) in [5, 5.41) is 9.34. The lowest BCUT2D eigenvalue weighted by molar-refractivity contribution is -0.904. The summed E-state index contributed by atoms with van der Waals surface area (Å²) in [6.07, 6.45) is 0.450. The van der Waals surface area contributed by atoms with Crippen LogP contribution in [0.1, 0.15) is 21.5 Å². The van der Waals surface area contributed by atoms with E-state index in [0.29, 0.717) is 17.7 Å².